The van der Waals surface area contributed by atoms with Crippen molar-refractivity contribution < 1.29 is 0 Å². The van der Waals surface area contributed by atoms with Crippen LogP contribution in [0.25, 0.3) is 10.6 Å². The lowest BCUT2D eigenvalue weighted by Crippen LogP contribution is -2.39. The molecule has 0 amide bonds. The maximum atomic E-state index is 4.73. The van der Waals surface area contributed by atoms with Crippen molar-refractivity contribution in [2.45, 2.75) is 26.7 Å². The quantitative estimate of drug-likeness (QED) is 0.468. The molecule has 2 heterocycles. The number of aliphatic imine (C=N–C) groups is 1. The Hall–Kier alpha value is -2.25. The normalized spacial score (nSPS) is 11.6. The predicted molar refractivity (Wildman–Crippen MR) is 116 cm³/mol. The fourth-order valence-electron chi connectivity index (χ4n) is 2.60. The second-order valence-corrected chi connectivity index (χ2v) is 8.33. The van der Waals surface area contributed by atoms with E-state index in [0.29, 0.717) is 0 Å². The minimum Gasteiger partial charge on any atom is -0.356 e. The van der Waals surface area contributed by atoms with E-state index in [2.05, 4.69) is 52.0 Å². The molecule has 3 aromatic rings. The Morgan fingerprint density at radius 1 is 1.04 bits per heavy atom. The van der Waals surface area contributed by atoms with Crippen LogP contribution in [0.3, 0.4) is 0 Å². The summed E-state index contributed by atoms with van der Waals surface area (Å²) < 4.78 is 0. The number of hydrogen-bond donors (Lipinski definition) is 2. The Balaban J connectivity index is 1.41. The largest absolute Gasteiger partial charge is 0.356 e. The standard InChI is InChI=1S/C20H25N5S2/c1-14-15(2)27-18(24-14)10-12-23-20(21-3)22-11-9-17-13-26-19(25-17)16-7-5-4-6-8-16/h4-8,13H,9-12H2,1-3H3,(H2,21,22,23). The van der Waals surface area contributed by atoms with Crippen molar-refractivity contribution in [3.8, 4) is 10.6 Å². The van der Waals surface area contributed by atoms with Crippen molar-refractivity contribution >= 4 is 28.6 Å². The number of aromatic nitrogens is 2. The number of nitrogens with one attached hydrogen (secondary N) is 2. The van der Waals surface area contributed by atoms with Gasteiger partial charge in [-0.3, -0.25) is 4.99 Å². The second kappa shape index (κ2) is 9.62. The number of guanidine groups is 1. The molecular weight excluding hydrogens is 374 g/mol. The zero-order chi connectivity index (χ0) is 19.1. The van der Waals surface area contributed by atoms with Gasteiger partial charge < -0.3 is 10.6 Å². The fourth-order valence-corrected chi connectivity index (χ4v) is 4.39. The second-order valence-electron chi connectivity index (χ2n) is 6.18. The number of benzene rings is 1. The molecule has 2 N–H and O–H groups in total. The Morgan fingerprint density at radius 3 is 2.44 bits per heavy atom. The van der Waals surface area contributed by atoms with Crippen LogP contribution in [-0.4, -0.2) is 36.1 Å². The molecule has 0 radical (unpaired) electrons. The molecule has 0 unspecified atom stereocenters. The van der Waals surface area contributed by atoms with Gasteiger partial charge in [-0.2, -0.15) is 0 Å². The molecule has 142 valence electrons. The van der Waals surface area contributed by atoms with E-state index in [1.165, 1.54) is 15.4 Å². The molecule has 0 saturated heterocycles. The van der Waals surface area contributed by atoms with Gasteiger partial charge >= 0.3 is 0 Å². The molecule has 0 aliphatic rings. The first kappa shape index (κ1) is 19.5. The summed E-state index contributed by atoms with van der Waals surface area (Å²) in [5.41, 5.74) is 3.41. The van der Waals surface area contributed by atoms with Crippen LogP contribution in [0.15, 0.2) is 40.7 Å². The molecular formula is C20H25N5S2. The third-order valence-corrected chi connectivity index (χ3v) is 6.25. The summed E-state index contributed by atoms with van der Waals surface area (Å²) in [5, 5.41) is 11.1. The van der Waals surface area contributed by atoms with Crippen LogP contribution in [0, 0.1) is 13.8 Å². The average Bonchev–Trinajstić information content (AvgIpc) is 3.28. The van der Waals surface area contributed by atoms with Gasteiger partial charge in [-0.1, -0.05) is 30.3 Å². The van der Waals surface area contributed by atoms with E-state index in [9.17, 15) is 0 Å². The van der Waals surface area contributed by atoms with Crippen molar-refractivity contribution in [3.63, 3.8) is 0 Å². The van der Waals surface area contributed by atoms with E-state index in [0.717, 1.165) is 48.3 Å². The summed E-state index contributed by atoms with van der Waals surface area (Å²) in [4.78, 5) is 14.9. The zero-order valence-electron chi connectivity index (χ0n) is 16.0. The molecule has 5 nitrogen and oxygen atoms in total. The SMILES string of the molecule is CN=C(NCCc1csc(-c2ccccc2)n1)NCCc1nc(C)c(C)s1. The zero-order valence-corrected chi connectivity index (χ0v) is 17.6. The third kappa shape index (κ3) is 5.61. The maximum absolute atomic E-state index is 4.73. The van der Waals surface area contributed by atoms with Crippen LogP contribution in [0.1, 0.15) is 21.3 Å². The highest BCUT2D eigenvalue weighted by molar-refractivity contribution is 7.13. The maximum Gasteiger partial charge on any atom is 0.191 e. The number of nitrogens with zero attached hydrogens (tertiary/aromatic N) is 3. The molecule has 0 spiro atoms. The number of rotatable bonds is 7. The van der Waals surface area contributed by atoms with Gasteiger partial charge in [0.2, 0.25) is 0 Å². The van der Waals surface area contributed by atoms with E-state index in [4.69, 9.17) is 4.98 Å². The molecule has 1 aromatic carbocycles. The fraction of sp³-hybridized carbons (Fsp3) is 0.350. The van der Waals surface area contributed by atoms with Gasteiger partial charge in [0, 0.05) is 48.8 Å². The topological polar surface area (TPSA) is 62.2 Å². The Bertz CT molecular complexity index is 863. The number of aryl methyl sites for hydroxylation is 2. The summed E-state index contributed by atoms with van der Waals surface area (Å²) >= 11 is 3.46. The molecule has 0 aliphatic heterocycles. The first-order valence-electron chi connectivity index (χ1n) is 9.03. The highest BCUT2D eigenvalue weighted by Gasteiger charge is 2.06. The predicted octanol–water partition coefficient (Wildman–Crippen LogP) is 3.83. The van der Waals surface area contributed by atoms with Crippen LogP contribution < -0.4 is 10.6 Å². The summed E-state index contributed by atoms with van der Waals surface area (Å²) in [6.45, 7) is 5.80. The van der Waals surface area contributed by atoms with E-state index in [-0.39, 0.29) is 0 Å². The lowest BCUT2D eigenvalue weighted by atomic mass is 10.2. The lowest BCUT2D eigenvalue weighted by Gasteiger charge is -2.10. The molecule has 0 aliphatic carbocycles. The van der Waals surface area contributed by atoms with Gasteiger partial charge in [-0.05, 0) is 13.8 Å². The van der Waals surface area contributed by atoms with Crippen LogP contribution in [0.2, 0.25) is 0 Å². The molecule has 7 heteroatoms. The van der Waals surface area contributed by atoms with E-state index < -0.39 is 0 Å². The van der Waals surface area contributed by atoms with Crippen molar-refractivity contribution in [2.75, 3.05) is 20.1 Å². The van der Waals surface area contributed by atoms with E-state index in [1.807, 2.05) is 18.2 Å². The van der Waals surface area contributed by atoms with Gasteiger partial charge in [-0.25, -0.2) is 9.97 Å². The minimum absolute atomic E-state index is 0.799. The van der Waals surface area contributed by atoms with Gasteiger partial charge in [-0.15, -0.1) is 22.7 Å². The first-order valence-corrected chi connectivity index (χ1v) is 10.7. The highest BCUT2D eigenvalue weighted by atomic mass is 32.1. The summed E-state index contributed by atoms with van der Waals surface area (Å²) in [6, 6.07) is 10.3. The van der Waals surface area contributed by atoms with Crippen molar-refractivity contribution in [3.05, 3.63) is 57.0 Å². The van der Waals surface area contributed by atoms with Crippen molar-refractivity contribution in [1.29, 1.82) is 0 Å². The van der Waals surface area contributed by atoms with Crippen LogP contribution in [0.4, 0.5) is 0 Å². The third-order valence-electron chi connectivity index (χ3n) is 4.17. The molecule has 0 atom stereocenters. The monoisotopic (exact) mass is 399 g/mol. The highest BCUT2D eigenvalue weighted by Crippen LogP contribution is 2.23. The summed E-state index contributed by atoms with van der Waals surface area (Å²) in [7, 11) is 1.80. The number of hydrogen-bond acceptors (Lipinski definition) is 5. The van der Waals surface area contributed by atoms with Crippen LogP contribution in [0.5, 0.6) is 0 Å². The molecule has 27 heavy (non-hydrogen) atoms. The summed E-state index contributed by atoms with van der Waals surface area (Å²) in [6.07, 6.45) is 1.78. The summed E-state index contributed by atoms with van der Waals surface area (Å²) in [5.74, 6) is 0.818. The lowest BCUT2D eigenvalue weighted by molar-refractivity contribution is 0.776. The van der Waals surface area contributed by atoms with Crippen molar-refractivity contribution in [1.82, 2.24) is 20.6 Å². The molecule has 3 rings (SSSR count). The van der Waals surface area contributed by atoms with E-state index >= 15 is 0 Å². The smallest absolute Gasteiger partial charge is 0.191 e. The molecule has 0 fully saturated rings. The first-order chi connectivity index (χ1) is 13.2. The minimum atomic E-state index is 0.799. The molecule has 0 bridgehead atoms. The van der Waals surface area contributed by atoms with Crippen LogP contribution >= 0.6 is 22.7 Å². The molecule has 2 aromatic heterocycles. The van der Waals surface area contributed by atoms with Gasteiger partial charge in [0.05, 0.1) is 16.4 Å². The van der Waals surface area contributed by atoms with Gasteiger partial charge in [0.1, 0.15) is 5.01 Å². The van der Waals surface area contributed by atoms with Crippen LogP contribution in [-0.2, 0) is 12.8 Å². The van der Waals surface area contributed by atoms with E-state index in [1.54, 1.807) is 29.7 Å². The Labute approximate surface area is 168 Å². The van der Waals surface area contributed by atoms with Crippen molar-refractivity contribution in [2.24, 2.45) is 4.99 Å². The number of thiazole rings is 2. The Kier molecular flexibility index (Phi) is 6.95. The average molecular weight is 400 g/mol. The van der Waals surface area contributed by atoms with Gasteiger partial charge in [0.15, 0.2) is 5.96 Å². The Morgan fingerprint density at radius 2 is 1.78 bits per heavy atom. The van der Waals surface area contributed by atoms with Gasteiger partial charge in [0.25, 0.3) is 0 Å². The molecule has 0 saturated carbocycles.